The number of carbonyl (C=O) groups is 1. The summed E-state index contributed by atoms with van der Waals surface area (Å²) in [6.45, 7) is 3.37. The van der Waals surface area contributed by atoms with E-state index in [-0.39, 0.29) is 5.69 Å². The van der Waals surface area contributed by atoms with E-state index in [4.69, 9.17) is 4.74 Å². The van der Waals surface area contributed by atoms with Crippen molar-refractivity contribution in [3.05, 3.63) is 75.1 Å². The number of carbonyl (C=O) groups excluding carboxylic acids is 1. The Morgan fingerprint density at radius 3 is 2.70 bits per heavy atom. The molecule has 0 radical (unpaired) electrons. The lowest BCUT2D eigenvalue weighted by Crippen LogP contribution is -2.31. The third-order valence-corrected chi connectivity index (χ3v) is 4.55. The summed E-state index contributed by atoms with van der Waals surface area (Å²) in [5.74, 6) is -0.461. The first-order chi connectivity index (χ1) is 12.9. The van der Waals surface area contributed by atoms with Gasteiger partial charge >= 0.3 is 5.69 Å². The molecular formula is C19H17BrFN3O3. The molecule has 0 bridgehead atoms. The van der Waals surface area contributed by atoms with Crippen molar-refractivity contribution < 1.29 is 13.9 Å². The molecule has 0 fully saturated rings. The number of aromatic nitrogens is 2. The molecule has 0 saturated heterocycles. The van der Waals surface area contributed by atoms with E-state index in [0.29, 0.717) is 27.3 Å². The highest BCUT2D eigenvalue weighted by Gasteiger charge is 2.19. The van der Waals surface area contributed by atoms with Crippen LogP contribution in [-0.2, 0) is 4.79 Å². The van der Waals surface area contributed by atoms with Crippen LogP contribution in [0.2, 0.25) is 0 Å². The average molecular weight is 434 g/mol. The zero-order chi connectivity index (χ0) is 19.6. The molecule has 6 nitrogen and oxygen atoms in total. The molecule has 2 N–H and O–H groups in total. The minimum absolute atomic E-state index is 0.297. The van der Waals surface area contributed by atoms with Crippen molar-refractivity contribution in [3.63, 3.8) is 0 Å². The number of amides is 1. The Morgan fingerprint density at radius 1 is 1.30 bits per heavy atom. The minimum Gasteiger partial charge on any atom is -0.480 e. The van der Waals surface area contributed by atoms with Gasteiger partial charge in [-0.25, -0.2) is 9.18 Å². The van der Waals surface area contributed by atoms with E-state index in [1.165, 1.54) is 22.8 Å². The van der Waals surface area contributed by atoms with Crippen LogP contribution in [-0.4, -0.2) is 21.6 Å². The lowest BCUT2D eigenvalue weighted by atomic mass is 10.2. The smallest absolute Gasteiger partial charge is 0.330 e. The molecule has 1 unspecified atom stereocenters. The number of nitrogens with zero attached hydrogens (tertiary/aromatic N) is 1. The van der Waals surface area contributed by atoms with Gasteiger partial charge in [-0.2, -0.15) is 0 Å². The van der Waals surface area contributed by atoms with Crippen LogP contribution in [0.1, 0.15) is 12.6 Å². The topological polar surface area (TPSA) is 76.1 Å². The number of aryl methyl sites for hydroxylation is 1. The van der Waals surface area contributed by atoms with Gasteiger partial charge in [0, 0.05) is 11.9 Å². The van der Waals surface area contributed by atoms with Crippen LogP contribution in [0.15, 0.2) is 57.9 Å². The molecule has 3 rings (SSSR count). The number of H-pyrrole nitrogens is 1. The Kier molecular flexibility index (Phi) is 5.46. The van der Waals surface area contributed by atoms with Gasteiger partial charge in [-0.3, -0.25) is 9.36 Å². The van der Waals surface area contributed by atoms with E-state index >= 15 is 0 Å². The molecule has 1 atom stereocenters. The first-order valence-electron chi connectivity index (χ1n) is 8.16. The molecule has 140 valence electrons. The molecule has 0 aliphatic rings. The highest BCUT2D eigenvalue weighted by Crippen LogP contribution is 2.27. The predicted octanol–water partition coefficient (Wildman–Crippen LogP) is 3.78. The number of rotatable bonds is 5. The second kappa shape index (κ2) is 7.79. The Bertz CT molecular complexity index is 1040. The Labute approximate surface area is 163 Å². The number of hydrogen-bond donors (Lipinski definition) is 2. The number of para-hydroxylation sites is 2. The van der Waals surface area contributed by atoms with Crippen LogP contribution < -0.4 is 15.7 Å². The van der Waals surface area contributed by atoms with Gasteiger partial charge in [0.05, 0.1) is 15.8 Å². The van der Waals surface area contributed by atoms with Crippen LogP contribution in [0.5, 0.6) is 5.75 Å². The molecule has 0 saturated carbocycles. The maximum atomic E-state index is 13.2. The molecule has 0 aliphatic heterocycles. The fourth-order valence-corrected chi connectivity index (χ4v) is 3.02. The second-order valence-corrected chi connectivity index (χ2v) is 6.77. The fraction of sp³-hybridized carbons (Fsp3) is 0.158. The number of nitrogens with one attached hydrogen (secondary N) is 2. The van der Waals surface area contributed by atoms with E-state index in [2.05, 4.69) is 26.2 Å². The Balaban J connectivity index is 1.81. The number of aromatic amines is 1. The van der Waals surface area contributed by atoms with Gasteiger partial charge in [-0.15, -0.1) is 0 Å². The molecule has 3 aromatic rings. The van der Waals surface area contributed by atoms with Crippen LogP contribution in [0.25, 0.3) is 5.69 Å². The van der Waals surface area contributed by atoms with Crippen molar-refractivity contribution in [2.75, 3.05) is 5.32 Å². The quantitative estimate of drug-likeness (QED) is 0.642. The van der Waals surface area contributed by atoms with Crippen molar-refractivity contribution in [1.29, 1.82) is 0 Å². The fourth-order valence-electron chi connectivity index (χ4n) is 2.58. The van der Waals surface area contributed by atoms with E-state index in [9.17, 15) is 14.0 Å². The van der Waals surface area contributed by atoms with E-state index in [1.54, 1.807) is 44.3 Å². The highest BCUT2D eigenvalue weighted by atomic mass is 79.9. The number of anilines is 1. The molecule has 1 heterocycles. The molecule has 1 amide bonds. The van der Waals surface area contributed by atoms with Gasteiger partial charge in [-0.05, 0) is 60.1 Å². The molecule has 8 heteroatoms. The van der Waals surface area contributed by atoms with Crippen molar-refractivity contribution >= 4 is 27.5 Å². The summed E-state index contributed by atoms with van der Waals surface area (Å²) in [6, 6.07) is 10.9. The van der Waals surface area contributed by atoms with Gasteiger partial charge < -0.3 is 15.0 Å². The standard InChI is InChI=1S/C19H17BrFN3O3/c1-11-10-22-19(26)24(11)16-6-4-3-5-15(16)23-18(25)12(2)27-17-8-7-13(21)9-14(17)20/h3-10,12H,1-2H3,(H,22,26)(H,23,25). The van der Waals surface area contributed by atoms with Gasteiger partial charge in [0.2, 0.25) is 0 Å². The SMILES string of the molecule is Cc1c[nH]c(=O)n1-c1ccccc1NC(=O)C(C)Oc1ccc(F)cc1Br. The summed E-state index contributed by atoms with van der Waals surface area (Å²) in [5, 5.41) is 2.78. The minimum atomic E-state index is -0.844. The summed E-state index contributed by atoms with van der Waals surface area (Å²) >= 11 is 3.21. The highest BCUT2D eigenvalue weighted by molar-refractivity contribution is 9.10. The third-order valence-electron chi connectivity index (χ3n) is 3.93. The lowest BCUT2D eigenvalue weighted by Gasteiger charge is -2.17. The van der Waals surface area contributed by atoms with Gasteiger partial charge in [0.15, 0.2) is 6.10 Å². The van der Waals surface area contributed by atoms with E-state index < -0.39 is 17.8 Å². The summed E-state index contributed by atoms with van der Waals surface area (Å²) in [7, 11) is 0. The maximum Gasteiger partial charge on any atom is 0.330 e. The average Bonchev–Trinajstić information content (AvgIpc) is 2.96. The number of ether oxygens (including phenoxy) is 1. The molecule has 1 aromatic heterocycles. The second-order valence-electron chi connectivity index (χ2n) is 5.91. The zero-order valence-corrected chi connectivity index (χ0v) is 16.2. The van der Waals surface area contributed by atoms with Crippen LogP contribution >= 0.6 is 15.9 Å². The number of halogens is 2. The van der Waals surface area contributed by atoms with Gasteiger partial charge in [0.1, 0.15) is 11.6 Å². The Hall–Kier alpha value is -2.87. The van der Waals surface area contributed by atoms with Crippen molar-refractivity contribution in [2.45, 2.75) is 20.0 Å². The third kappa shape index (κ3) is 4.11. The number of hydrogen-bond acceptors (Lipinski definition) is 3. The Morgan fingerprint density at radius 2 is 2.04 bits per heavy atom. The summed E-state index contributed by atoms with van der Waals surface area (Å²) in [6.07, 6.45) is 0.752. The van der Waals surface area contributed by atoms with Crippen molar-refractivity contribution in [1.82, 2.24) is 9.55 Å². The van der Waals surface area contributed by atoms with Crippen LogP contribution in [0.4, 0.5) is 10.1 Å². The van der Waals surface area contributed by atoms with E-state index in [0.717, 1.165) is 0 Å². The normalized spacial score (nSPS) is 11.9. The van der Waals surface area contributed by atoms with Gasteiger partial charge in [-0.1, -0.05) is 12.1 Å². The molecule has 27 heavy (non-hydrogen) atoms. The number of imidazole rings is 1. The monoisotopic (exact) mass is 433 g/mol. The number of benzene rings is 2. The largest absolute Gasteiger partial charge is 0.480 e. The first-order valence-corrected chi connectivity index (χ1v) is 8.95. The maximum absolute atomic E-state index is 13.2. The van der Waals surface area contributed by atoms with Crippen LogP contribution in [0.3, 0.4) is 0 Å². The molecular weight excluding hydrogens is 417 g/mol. The first kappa shape index (κ1) is 18.9. The van der Waals surface area contributed by atoms with Gasteiger partial charge in [0.25, 0.3) is 5.91 Å². The van der Waals surface area contributed by atoms with Crippen molar-refractivity contribution in [2.24, 2.45) is 0 Å². The van der Waals surface area contributed by atoms with Crippen molar-refractivity contribution in [3.8, 4) is 11.4 Å². The predicted molar refractivity (Wildman–Crippen MR) is 104 cm³/mol. The summed E-state index contributed by atoms with van der Waals surface area (Å²) in [5.41, 5.74) is 1.43. The molecule has 2 aromatic carbocycles. The summed E-state index contributed by atoms with van der Waals surface area (Å²) < 4.78 is 20.7. The molecule has 0 aliphatic carbocycles. The van der Waals surface area contributed by atoms with Crippen LogP contribution in [0, 0.1) is 12.7 Å². The van der Waals surface area contributed by atoms with E-state index in [1.807, 2.05) is 0 Å². The summed E-state index contributed by atoms with van der Waals surface area (Å²) in [4.78, 5) is 27.2. The lowest BCUT2D eigenvalue weighted by molar-refractivity contribution is -0.122. The molecule has 0 spiro atoms. The zero-order valence-electron chi connectivity index (χ0n) is 14.6.